The standard InChI is InChI=1S/C6H16N2/c1-5-6(2,7-3)8-4/h7-8H,5H2,1-4H3. The average molecular weight is 116 g/mol. The van der Waals surface area contributed by atoms with E-state index in [1.54, 1.807) is 0 Å². The van der Waals surface area contributed by atoms with Crippen LogP contribution in [0.2, 0.25) is 0 Å². The van der Waals surface area contributed by atoms with Gasteiger partial charge in [-0.3, -0.25) is 0 Å². The summed E-state index contributed by atoms with van der Waals surface area (Å²) in [7, 11) is 3.92. The molecule has 0 bridgehead atoms. The van der Waals surface area contributed by atoms with E-state index in [1.807, 2.05) is 14.1 Å². The summed E-state index contributed by atoms with van der Waals surface area (Å²) >= 11 is 0. The normalized spacial score (nSPS) is 12.0. The van der Waals surface area contributed by atoms with Crippen LogP contribution in [0.5, 0.6) is 0 Å². The van der Waals surface area contributed by atoms with Crippen LogP contribution in [0.3, 0.4) is 0 Å². The van der Waals surface area contributed by atoms with Gasteiger partial charge in [0, 0.05) is 0 Å². The maximum atomic E-state index is 3.17. The van der Waals surface area contributed by atoms with E-state index in [-0.39, 0.29) is 5.66 Å². The number of hydrogen-bond acceptors (Lipinski definition) is 2. The molecule has 2 nitrogen and oxygen atoms in total. The Labute approximate surface area is 51.7 Å². The predicted molar refractivity (Wildman–Crippen MR) is 36.8 cm³/mol. The molecule has 0 fully saturated rings. The van der Waals surface area contributed by atoms with Crippen molar-refractivity contribution in [3.05, 3.63) is 0 Å². The number of rotatable bonds is 3. The van der Waals surface area contributed by atoms with E-state index in [0.29, 0.717) is 0 Å². The molecule has 0 saturated heterocycles. The van der Waals surface area contributed by atoms with Crippen molar-refractivity contribution in [2.45, 2.75) is 25.9 Å². The lowest BCUT2D eigenvalue weighted by atomic mass is 10.1. The van der Waals surface area contributed by atoms with Crippen LogP contribution in [0.4, 0.5) is 0 Å². The van der Waals surface area contributed by atoms with Crippen LogP contribution in [0.15, 0.2) is 0 Å². The van der Waals surface area contributed by atoms with E-state index in [0.717, 1.165) is 6.42 Å². The molecule has 0 atom stereocenters. The van der Waals surface area contributed by atoms with Crippen LogP contribution >= 0.6 is 0 Å². The van der Waals surface area contributed by atoms with Gasteiger partial charge in [-0.2, -0.15) is 0 Å². The summed E-state index contributed by atoms with van der Waals surface area (Å²) in [5, 5.41) is 6.33. The second kappa shape index (κ2) is 3.05. The third-order valence-electron chi connectivity index (χ3n) is 1.81. The predicted octanol–water partition coefficient (Wildman–Crippen LogP) is 0.551. The Morgan fingerprint density at radius 2 is 1.62 bits per heavy atom. The van der Waals surface area contributed by atoms with Crippen LogP contribution in [0.25, 0.3) is 0 Å². The van der Waals surface area contributed by atoms with Gasteiger partial charge in [0.2, 0.25) is 0 Å². The first-order valence-corrected chi connectivity index (χ1v) is 3.06. The van der Waals surface area contributed by atoms with E-state index in [1.165, 1.54) is 0 Å². The molecule has 0 heterocycles. The molecule has 0 aliphatic rings. The van der Waals surface area contributed by atoms with Gasteiger partial charge in [-0.1, -0.05) is 6.92 Å². The second-order valence-corrected chi connectivity index (χ2v) is 2.19. The van der Waals surface area contributed by atoms with Crippen molar-refractivity contribution >= 4 is 0 Å². The molecular weight excluding hydrogens is 100 g/mol. The van der Waals surface area contributed by atoms with Gasteiger partial charge in [0.05, 0.1) is 5.66 Å². The summed E-state index contributed by atoms with van der Waals surface area (Å²) in [4.78, 5) is 0. The Morgan fingerprint density at radius 3 is 1.62 bits per heavy atom. The Kier molecular flexibility index (Phi) is 3.02. The van der Waals surface area contributed by atoms with Crippen molar-refractivity contribution < 1.29 is 0 Å². The minimum atomic E-state index is 0.125. The molecule has 0 aromatic rings. The quantitative estimate of drug-likeness (QED) is 0.526. The third-order valence-corrected chi connectivity index (χ3v) is 1.81. The highest BCUT2D eigenvalue weighted by atomic mass is 15.1. The van der Waals surface area contributed by atoms with Gasteiger partial charge >= 0.3 is 0 Å². The smallest absolute Gasteiger partial charge is 0.0650 e. The Hall–Kier alpha value is -0.0800. The van der Waals surface area contributed by atoms with Gasteiger partial charge in [-0.25, -0.2) is 0 Å². The molecule has 0 aromatic heterocycles. The van der Waals surface area contributed by atoms with E-state index in [4.69, 9.17) is 0 Å². The van der Waals surface area contributed by atoms with Gasteiger partial charge in [0.25, 0.3) is 0 Å². The second-order valence-electron chi connectivity index (χ2n) is 2.19. The molecular formula is C6H16N2. The fraction of sp³-hybridized carbons (Fsp3) is 1.00. The highest BCUT2D eigenvalue weighted by Gasteiger charge is 2.13. The summed E-state index contributed by atoms with van der Waals surface area (Å²) in [5.74, 6) is 0. The zero-order chi connectivity index (χ0) is 6.62. The summed E-state index contributed by atoms with van der Waals surface area (Å²) in [6.07, 6.45) is 1.10. The van der Waals surface area contributed by atoms with Crippen molar-refractivity contribution in [1.82, 2.24) is 10.6 Å². The molecule has 0 unspecified atom stereocenters. The van der Waals surface area contributed by atoms with Crippen molar-refractivity contribution in [1.29, 1.82) is 0 Å². The van der Waals surface area contributed by atoms with Gasteiger partial charge in [0.1, 0.15) is 0 Å². The lowest BCUT2D eigenvalue weighted by molar-refractivity contribution is 0.316. The number of hydrogen-bond donors (Lipinski definition) is 2. The monoisotopic (exact) mass is 116 g/mol. The largest absolute Gasteiger partial charge is 0.303 e. The van der Waals surface area contributed by atoms with Crippen molar-refractivity contribution in [3.63, 3.8) is 0 Å². The summed E-state index contributed by atoms with van der Waals surface area (Å²) in [5.41, 5.74) is 0.125. The van der Waals surface area contributed by atoms with Crippen LogP contribution in [0, 0.1) is 0 Å². The minimum Gasteiger partial charge on any atom is -0.303 e. The lowest BCUT2D eigenvalue weighted by Crippen LogP contribution is -2.50. The molecule has 2 N–H and O–H groups in total. The van der Waals surface area contributed by atoms with Gasteiger partial charge in [-0.15, -0.1) is 0 Å². The van der Waals surface area contributed by atoms with E-state index < -0.39 is 0 Å². The first kappa shape index (κ1) is 7.92. The minimum absolute atomic E-state index is 0.125. The van der Waals surface area contributed by atoms with E-state index in [2.05, 4.69) is 24.5 Å². The third kappa shape index (κ3) is 1.80. The Bertz CT molecular complexity index is 49.3. The Morgan fingerprint density at radius 1 is 1.25 bits per heavy atom. The fourth-order valence-corrected chi connectivity index (χ4v) is 0.479. The molecule has 0 aliphatic carbocycles. The zero-order valence-corrected chi connectivity index (χ0v) is 6.21. The highest BCUT2D eigenvalue weighted by Crippen LogP contribution is 2.00. The molecule has 8 heavy (non-hydrogen) atoms. The maximum absolute atomic E-state index is 3.17. The van der Waals surface area contributed by atoms with Crippen LogP contribution in [-0.2, 0) is 0 Å². The van der Waals surface area contributed by atoms with E-state index in [9.17, 15) is 0 Å². The number of nitrogens with one attached hydrogen (secondary N) is 2. The van der Waals surface area contributed by atoms with Gasteiger partial charge in [-0.05, 0) is 27.4 Å². The van der Waals surface area contributed by atoms with Crippen LogP contribution < -0.4 is 10.6 Å². The molecule has 0 saturated carbocycles. The molecule has 0 aliphatic heterocycles. The molecule has 0 radical (unpaired) electrons. The van der Waals surface area contributed by atoms with Crippen molar-refractivity contribution in [2.75, 3.05) is 14.1 Å². The summed E-state index contributed by atoms with van der Waals surface area (Å²) in [6, 6.07) is 0. The maximum Gasteiger partial charge on any atom is 0.0650 e. The first-order valence-electron chi connectivity index (χ1n) is 3.06. The van der Waals surface area contributed by atoms with Crippen molar-refractivity contribution in [3.8, 4) is 0 Å². The first-order chi connectivity index (χ1) is 3.68. The van der Waals surface area contributed by atoms with Gasteiger partial charge in [0.15, 0.2) is 0 Å². The Balaban J connectivity index is 3.58. The molecule has 0 rings (SSSR count). The van der Waals surface area contributed by atoms with Crippen LogP contribution in [-0.4, -0.2) is 19.8 Å². The molecule has 50 valence electrons. The van der Waals surface area contributed by atoms with Crippen LogP contribution in [0.1, 0.15) is 20.3 Å². The highest BCUT2D eigenvalue weighted by molar-refractivity contribution is 4.73. The zero-order valence-electron chi connectivity index (χ0n) is 6.21. The average Bonchev–Trinajstić information content (AvgIpc) is 1.87. The molecule has 2 heteroatoms. The van der Waals surface area contributed by atoms with Gasteiger partial charge < -0.3 is 10.6 Å². The lowest BCUT2D eigenvalue weighted by Gasteiger charge is -2.26. The molecule has 0 spiro atoms. The molecule has 0 amide bonds. The fourth-order valence-electron chi connectivity index (χ4n) is 0.479. The van der Waals surface area contributed by atoms with Crippen molar-refractivity contribution in [2.24, 2.45) is 0 Å². The summed E-state index contributed by atoms with van der Waals surface area (Å²) in [6.45, 7) is 4.28. The summed E-state index contributed by atoms with van der Waals surface area (Å²) < 4.78 is 0. The SMILES string of the molecule is CCC(C)(NC)NC. The molecule has 0 aromatic carbocycles. The van der Waals surface area contributed by atoms with E-state index >= 15 is 0 Å². The topological polar surface area (TPSA) is 24.1 Å².